The molecule has 0 saturated carbocycles. The smallest absolute Gasteiger partial charge is 0.330 e. The average molecular weight is 280 g/mol. The SMILES string of the molecule is Cc1nc2c(c(=O)[nH]c(=O)n2CC(C)C)n1CCCO. The normalized spacial score (nSPS) is 11.7. The van der Waals surface area contributed by atoms with E-state index in [1.165, 1.54) is 4.57 Å². The number of rotatable bonds is 5. The maximum absolute atomic E-state index is 12.0. The molecule has 0 radical (unpaired) electrons. The van der Waals surface area contributed by atoms with Gasteiger partial charge in [-0.15, -0.1) is 0 Å². The number of nitrogens with one attached hydrogen (secondary N) is 1. The topological polar surface area (TPSA) is 92.9 Å². The van der Waals surface area contributed by atoms with E-state index >= 15 is 0 Å². The van der Waals surface area contributed by atoms with Crippen molar-refractivity contribution in [1.29, 1.82) is 0 Å². The van der Waals surface area contributed by atoms with Crippen LogP contribution in [0, 0.1) is 12.8 Å². The Morgan fingerprint density at radius 1 is 1.30 bits per heavy atom. The quantitative estimate of drug-likeness (QED) is 0.820. The van der Waals surface area contributed by atoms with Crippen LogP contribution in [-0.4, -0.2) is 30.8 Å². The fraction of sp³-hybridized carbons (Fsp3) is 0.615. The first-order valence-corrected chi connectivity index (χ1v) is 6.76. The van der Waals surface area contributed by atoms with Crippen molar-refractivity contribution >= 4 is 11.2 Å². The molecule has 2 aromatic heterocycles. The predicted octanol–water partition coefficient (Wildman–Crippen LogP) is 0.233. The van der Waals surface area contributed by atoms with Gasteiger partial charge in [0.2, 0.25) is 0 Å². The van der Waals surface area contributed by atoms with Gasteiger partial charge in [-0.3, -0.25) is 14.3 Å². The second-order valence-electron chi connectivity index (χ2n) is 5.32. The third-order valence-electron chi connectivity index (χ3n) is 3.16. The highest BCUT2D eigenvalue weighted by atomic mass is 16.3. The van der Waals surface area contributed by atoms with E-state index in [1.54, 1.807) is 11.5 Å². The lowest BCUT2D eigenvalue weighted by molar-refractivity contribution is 0.280. The largest absolute Gasteiger partial charge is 0.396 e. The molecule has 2 rings (SSSR count). The molecule has 7 nitrogen and oxygen atoms in total. The van der Waals surface area contributed by atoms with Gasteiger partial charge in [-0.2, -0.15) is 0 Å². The van der Waals surface area contributed by atoms with Crippen LogP contribution in [-0.2, 0) is 13.1 Å². The van der Waals surface area contributed by atoms with Gasteiger partial charge in [0.1, 0.15) is 5.82 Å². The van der Waals surface area contributed by atoms with E-state index in [9.17, 15) is 9.59 Å². The monoisotopic (exact) mass is 280 g/mol. The van der Waals surface area contributed by atoms with Crippen LogP contribution in [0.1, 0.15) is 26.1 Å². The number of hydrogen-bond acceptors (Lipinski definition) is 4. The van der Waals surface area contributed by atoms with Crippen LogP contribution < -0.4 is 11.2 Å². The third-order valence-corrected chi connectivity index (χ3v) is 3.16. The summed E-state index contributed by atoms with van der Waals surface area (Å²) in [5, 5.41) is 8.94. The first kappa shape index (κ1) is 14.5. The molecule has 0 atom stereocenters. The second-order valence-corrected chi connectivity index (χ2v) is 5.32. The minimum absolute atomic E-state index is 0.0443. The van der Waals surface area contributed by atoms with Crippen molar-refractivity contribution in [3.05, 3.63) is 26.7 Å². The number of fused-ring (bicyclic) bond motifs is 1. The summed E-state index contributed by atoms with van der Waals surface area (Å²) in [5.74, 6) is 0.937. The summed E-state index contributed by atoms with van der Waals surface area (Å²) >= 11 is 0. The molecule has 0 aliphatic carbocycles. The van der Waals surface area contributed by atoms with Crippen molar-refractivity contribution in [3.8, 4) is 0 Å². The first-order valence-electron chi connectivity index (χ1n) is 6.76. The number of aliphatic hydroxyl groups excluding tert-OH is 1. The van der Waals surface area contributed by atoms with Crippen molar-refractivity contribution < 1.29 is 5.11 Å². The van der Waals surface area contributed by atoms with Crippen LogP contribution in [0.25, 0.3) is 11.2 Å². The maximum Gasteiger partial charge on any atom is 0.330 e. The van der Waals surface area contributed by atoms with Gasteiger partial charge in [0.05, 0.1) is 0 Å². The summed E-state index contributed by atoms with van der Waals surface area (Å²) in [6, 6.07) is 0. The fourth-order valence-corrected chi connectivity index (χ4v) is 2.32. The third kappa shape index (κ3) is 2.53. The van der Waals surface area contributed by atoms with Gasteiger partial charge in [0.25, 0.3) is 5.56 Å². The lowest BCUT2D eigenvalue weighted by Crippen LogP contribution is -2.32. The standard InChI is InChI=1S/C13H20N4O3/c1-8(2)7-17-11-10(12(19)15-13(17)20)16(5-4-6-18)9(3)14-11/h8,18H,4-7H2,1-3H3,(H,15,19,20). The Morgan fingerprint density at radius 2 is 2.00 bits per heavy atom. The predicted molar refractivity (Wildman–Crippen MR) is 75.9 cm³/mol. The Morgan fingerprint density at radius 3 is 2.60 bits per heavy atom. The number of aromatic amines is 1. The number of aliphatic hydroxyl groups is 1. The van der Waals surface area contributed by atoms with Gasteiger partial charge in [0, 0.05) is 19.7 Å². The zero-order valence-electron chi connectivity index (χ0n) is 12.0. The summed E-state index contributed by atoms with van der Waals surface area (Å²) in [4.78, 5) is 30.7. The van der Waals surface area contributed by atoms with Gasteiger partial charge in [-0.1, -0.05) is 13.8 Å². The first-order chi connectivity index (χ1) is 9.45. The molecule has 2 aromatic rings. The molecule has 0 unspecified atom stereocenters. The highest BCUT2D eigenvalue weighted by Gasteiger charge is 2.16. The molecule has 0 fully saturated rings. The van der Waals surface area contributed by atoms with E-state index in [1.807, 2.05) is 13.8 Å². The summed E-state index contributed by atoms with van der Waals surface area (Å²) in [7, 11) is 0. The van der Waals surface area contributed by atoms with Gasteiger partial charge in [0.15, 0.2) is 11.2 Å². The maximum atomic E-state index is 12.0. The van der Waals surface area contributed by atoms with Crippen molar-refractivity contribution in [2.24, 2.45) is 5.92 Å². The van der Waals surface area contributed by atoms with E-state index in [0.29, 0.717) is 36.5 Å². The van der Waals surface area contributed by atoms with Gasteiger partial charge < -0.3 is 9.67 Å². The second kappa shape index (κ2) is 5.62. The van der Waals surface area contributed by atoms with Gasteiger partial charge >= 0.3 is 5.69 Å². The van der Waals surface area contributed by atoms with Crippen LogP contribution >= 0.6 is 0 Å². The van der Waals surface area contributed by atoms with Crippen LogP contribution in [0.4, 0.5) is 0 Å². The number of nitrogens with zero attached hydrogens (tertiary/aromatic N) is 3. The van der Waals surface area contributed by atoms with E-state index in [4.69, 9.17) is 5.11 Å². The Labute approximate surface area is 115 Å². The van der Waals surface area contributed by atoms with E-state index < -0.39 is 11.2 Å². The molecule has 2 heterocycles. The molecule has 0 bridgehead atoms. The highest BCUT2D eigenvalue weighted by molar-refractivity contribution is 5.70. The summed E-state index contributed by atoms with van der Waals surface area (Å²) in [6.07, 6.45) is 0.537. The fourth-order valence-electron chi connectivity index (χ4n) is 2.32. The summed E-state index contributed by atoms with van der Waals surface area (Å²) in [6.45, 7) is 6.84. The van der Waals surface area contributed by atoms with E-state index in [-0.39, 0.29) is 12.5 Å². The Bertz CT molecular complexity index is 724. The molecule has 0 aliphatic rings. The van der Waals surface area contributed by atoms with Crippen molar-refractivity contribution in [2.45, 2.75) is 40.3 Å². The summed E-state index contributed by atoms with van der Waals surface area (Å²) < 4.78 is 3.25. The highest BCUT2D eigenvalue weighted by Crippen LogP contribution is 2.12. The zero-order chi connectivity index (χ0) is 14.9. The summed E-state index contributed by atoms with van der Waals surface area (Å²) in [5.41, 5.74) is -0.0364. The van der Waals surface area contributed by atoms with Crippen molar-refractivity contribution in [2.75, 3.05) is 6.61 Å². The molecule has 0 aliphatic heterocycles. The van der Waals surface area contributed by atoms with Gasteiger partial charge in [-0.05, 0) is 19.3 Å². The van der Waals surface area contributed by atoms with Crippen LogP contribution in [0.5, 0.6) is 0 Å². The van der Waals surface area contributed by atoms with Crippen LogP contribution in [0.15, 0.2) is 9.59 Å². The lowest BCUT2D eigenvalue weighted by Gasteiger charge is -2.09. The Hall–Kier alpha value is -1.89. The average Bonchev–Trinajstić information content (AvgIpc) is 2.69. The molecule has 0 spiro atoms. The van der Waals surface area contributed by atoms with Crippen LogP contribution in [0.3, 0.4) is 0 Å². The number of imidazole rings is 1. The number of H-pyrrole nitrogens is 1. The Balaban J connectivity index is 2.71. The number of hydrogen-bond donors (Lipinski definition) is 2. The molecule has 0 saturated heterocycles. The van der Waals surface area contributed by atoms with Crippen molar-refractivity contribution in [1.82, 2.24) is 19.1 Å². The minimum atomic E-state index is -0.428. The number of aromatic nitrogens is 4. The molecule has 20 heavy (non-hydrogen) atoms. The molecule has 0 amide bonds. The van der Waals surface area contributed by atoms with Gasteiger partial charge in [-0.25, -0.2) is 9.78 Å². The number of aryl methyl sites for hydroxylation is 2. The van der Waals surface area contributed by atoms with Crippen molar-refractivity contribution in [3.63, 3.8) is 0 Å². The molecule has 110 valence electrons. The zero-order valence-corrected chi connectivity index (χ0v) is 12.0. The Kier molecular flexibility index (Phi) is 4.08. The molecular formula is C13H20N4O3. The van der Waals surface area contributed by atoms with E-state index in [0.717, 1.165) is 0 Å². The molecule has 7 heteroatoms. The molecule has 0 aromatic carbocycles. The minimum Gasteiger partial charge on any atom is -0.396 e. The lowest BCUT2D eigenvalue weighted by atomic mass is 10.2. The van der Waals surface area contributed by atoms with Crippen LogP contribution in [0.2, 0.25) is 0 Å². The molecular weight excluding hydrogens is 260 g/mol. The molecule has 2 N–H and O–H groups in total. The van der Waals surface area contributed by atoms with E-state index in [2.05, 4.69) is 9.97 Å².